The molecule has 0 aromatic heterocycles. The lowest BCUT2D eigenvalue weighted by atomic mass is 10.1. The highest BCUT2D eigenvalue weighted by atomic mass is 16.5. The van der Waals surface area contributed by atoms with E-state index in [0.717, 1.165) is 17.9 Å². The molecule has 0 aliphatic heterocycles. The van der Waals surface area contributed by atoms with E-state index in [1.807, 2.05) is 24.3 Å². The Bertz CT molecular complexity index is 321. The van der Waals surface area contributed by atoms with Gasteiger partial charge in [-0.1, -0.05) is 26.0 Å². The molecule has 1 N–H and O–H groups in total. The maximum atomic E-state index is 9.44. The van der Waals surface area contributed by atoms with Crippen LogP contribution in [0.4, 0.5) is 0 Å². The van der Waals surface area contributed by atoms with Crippen LogP contribution in [0.1, 0.15) is 32.4 Å². The first-order valence-electron chi connectivity index (χ1n) is 6.08. The van der Waals surface area contributed by atoms with Crippen molar-refractivity contribution in [2.24, 2.45) is 5.92 Å². The molecule has 0 fully saturated rings. The molecule has 0 saturated heterocycles. The van der Waals surface area contributed by atoms with E-state index in [1.54, 1.807) is 6.92 Å². The Balaban J connectivity index is 2.29. The van der Waals surface area contributed by atoms with Crippen LogP contribution in [0.15, 0.2) is 24.3 Å². The Hall–Kier alpha value is -1.06. The highest BCUT2D eigenvalue weighted by molar-refractivity contribution is 5.29. The van der Waals surface area contributed by atoms with E-state index in [4.69, 9.17) is 9.47 Å². The van der Waals surface area contributed by atoms with Crippen LogP contribution in [0.3, 0.4) is 0 Å². The lowest BCUT2D eigenvalue weighted by Crippen LogP contribution is -2.10. The minimum atomic E-state index is -0.462. The Kier molecular flexibility index (Phi) is 6.01. The molecule has 3 nitrogen and oxygen atoms in total. The number of hydrogen-bond donors (Lipinski definition) is 1. The van der Waals surface area contributed by atoms with Crippen LogP contribution in [-0.4, -0.2) is 24.9 Å². The molecule has 96 valence electrons. The van der Waals surface area contributed by atoms with Crippen LogP contribution < -0.4 is 4.74 Å². The molecule has 0 spiro atoms. The van der Waals surface area contributed by atoms with Gasteiger partial charge in [0, 0.05) is 6.61 Å². The molecule has 1 aromatic rings. The minimum Gasteiger partial charge on any atom is -0.491 e. The first kappa shape index (κ1) is 14.0. The Morgan fingerprint density at radius 3 is 2.59 bits per heavy atom. The molecule has 0 unspecified atom stereocenters. The third-order valence-corrected chi connectivity index (χ3v) is 2.29. The molecule has 0 aliphatic rings. The second-order valence-electron chi connectivity index (χ2n) is 4.57. The molecule has 0 heterocycles. The number of ether oxygens (including phenoxy) is 2. The summed E-state index contributed by atoms with van der Waals surface area (Å²) in [6, 6.07) is 7.50. The first-order chi connectivity index (χ1) is 8.09. The molecule has 0 bridgehead atoms. The van der Waals surface area contributed by atoms with Gasteiger partial charge >= 0.3 is 0 Å². The highest BCUT2D eigenvalue weighted by Crippen LogP contribution is 2.18. The molecule has 1 rings (SSSR count). The van der Waals surface area contributed by atoms with Crippen molar-refractivity contribution in [2.45, 2.75) is 26.9 Å². The highest BCUT2D eigenvalue weighted by Gasteiger charge is 2.02. The van der Waals surface area contributed by atoms with E-state index in [-0.39, 0.29) is 0 Å². The van der Waals surface area contributed by atoms with Crippen LogP contribution in [0.2, 0.25) is 0 Å². The molecule has 17 heavy (non-hydrogen) atoms. The molecular weight excluding hydrogens is 216 g/mol. The van der Waals surface area contributed by atoms with Crippen LogP contribution in [0.25, 0.3) is 0 Å². The molecule has 0 amide bonds. The van der Waals surface area contributed by atoms with E-state index in [0.29, 0.717) is 19.1 Å². The largest absolute Gasteiger partial charge is 0.491 e. The molecule has 0 saturated carbocycles. The van der Waals surface area contributed by atoms with Crippen molar-refractivity contribution in [1.82, 2.24) is 0 Å². The topological polar surface area (TPSA) is 38.7 Å². The normalized spacial score (nSPS) is 12.8. The lowest BCUT2D eigenvalue weighted by Gasteiger charge is -2.10. The third kappa shape index (κ3) is 5.71. The maximum Gasteiger partial charge on any atom is 0.119 e. The van der Waals surface area contributed by atoms with Gasteiger partial charge in [0.1, 0.15) is 12.4 Å². The van der Waals surface area contributed by atoms with Gasteiger partial charge in [-0.25, -0.2) is 0 Å². The second kappa shape index (κ2) is 7.30. The Labute approximate surface area is 103 Å². The van der Waals surface area contributed by atoms with Crippen LogP contribution >= 0.6 is 0 Å². The zero-order valence-corrected chi connectivity index (χ0v) is 10.8. The van der Waals surface area contributed by atoms with Gasteiger partial charge in [-0.2, -0.15) is 0 Å². The number of hydrogen-bond acceptors (Lipinski definition) is 3. The van der Waals surface area contributed by atoms with Crippen LogP contribution in [0.5, 0.6) is 5.75 Å². The molecule has 1 atom stereocenters. The fourth-order valence-corrected chi connectivity index (χ4v) is 1.40. The van der Waals surface area contributed by atoms with E-state index < -0.39 is 6.10 Å². The van der Waals surface area contributed by atoms with Gasteiger partial charge in [0.25, 0.3) is 0 Å². The second-order valence-corrected chi connectivity index (χ2v) is 4.57. The number of benzene rings is 1. The van der Waals surface area contributed by atoms with Crippen molar-refractivity contribution in [3.05, 3.63) is 29.8 Å². The predicted molar refractivity (Wildman–Crippen MR) is 68.2 cm³/mol. The van der Waals surface area contributed by atoms with Gasteiger partial charge in [-0.15, -0.1) is 0 Å². The predicted octanol–water partition coefficient (Wildman–Crippen LogP) is 2.79. The lowest BCUT2D eigenvalue weighted by molar-refractivity contribution is 0.0818. The van der Waals surface area contributed by atoms with Gasteiger partial charge < -0.3 is 14.6 Å². The average Bonchev–Trinajstić information content (AvgIpc) is 2.28. The molecule has 0 aliphatic carbocycles. The summed E-state index contributed by atoms with van der Waals surface area (Å²) in [7, 11) is 0. The zero-order valence-electron chi connectivity index (χ0n) is 10.8. The van der Waals surface area contributed by atoms with Crippen molar-refractivity contribution in [2.75, 3.05) is 19.8 Å². The first-order valence-corrected chi connectivity index (χ1v) is 6.08. The monoisotopic (exact) mass is 238 g/mol. The smallest absolute Gasteiger partial charge is 0.119 e. The van der Waals surface area contributed by atoms with Crippen molar-refractivity contribution in [3.63, 3.8) is 0 Å². The van der Waals surface area contributed by atoms with Gasteiger partial charge in [0.2, 0.25) is 0 Å². The summed E-state index contributed by atoms with van der Waals surface area (Å²) in [5.74, 6) is 1.32. The summed E-state index contributed by atoms with van der Waals surface area (Å²) in [6.45, 7) is 7.87. The fraction of sp³-hybridized carbons (Fsp3) is 0.571. The van der Waals surface area contributed by atoms with Gasteiger partial charge in [0.15, 0.2) is 0 Å². The fourth-order valence-electron chi connectivity index (χ4n) is 1.40. The van der Waals surface area contributed by atoms with E-state index in [1.165, 1.54) is 0 Å². The minimum absolute atomic E-state index is 0.462. The standard InChI is InChI=1S/C14H22O3/c1-11(2)10-16-7-8-17-14-6-4-5-13(9-14)12(3)15/h4-6,9,11-12,15H,7-8,10H2,1-3H3/t12-/m0/s1. The molecule has 3 heteroatoms. The van der Waals surface area contributed by atoms with Gasteiger partial charge in [0.05, 0.1) is 12.7 Å². The average molecular weight is 238 g/mol. The van der Waals surface area contributed by atoms with Crippen LogP contribution in [0, 0.1) is 5.92 Å². The van der Waals surface area contributed by atoms with Gasteiger partial charge in [-0.05, 0) is 30.5 Å². The van der Waals surface area contributed by atoms with E-state index >= 15 is 0 Å². The summed E-state index contributed by atoms with van der Waals surface area (Å²) in [6.07, 6.45) is -0.462. The Morgan fingerprint density at radius 2 is 1.94 bits per heavy atom. The number of rotatable bonds is 7. The summed E-state index contributed by atoms with van der Waals surface area (Å²) < 4.78 is 11.0. The van der Waals surface area contributed by atoms with E-state index in [9.17, 15) is 5.11 Å². The van der Waals surface area contributed by atoms with Crippen molar-refractivity contribution >= 4 is 0 Å². The number of aliphatic hydroxyl groups is 1. The summed E-state index contributed by atoms with van der Waals surface area (Å²) in [5.41, 5.74) is 0.866. The summed E-state index contributed by atoms with van der Waals surface area (Å²) in [5, 5.41) is 9.44. The third-order valence-electron chi connectivity index (χ3n) is 2.29. The van der Waals surface area contributed by atoms with Crippen molar-refractivity contribution in [1.29, 1.82) is 0 Å². The molecule has 1 aromatic carbocycles. The van der Waals surface area contributed by atoms with Crippen molar-refractivity contribution < 1.29 is 14.6 Å². The summed E-state index contributed by atoms with van der Waals surface area (Å²) >= 11 is 0. The Morgan fingerprint density at radius 1 is 1.18 bits per heavy atom. The van der Waals surface area contributed by atoms with Gasteiger partial charge in [-0.3, -0.25) is 0 Å². The van der Waals surface area contributed by atoms with Crippen LogP contribution in [-0.2, 0) is 4.74 Å². The van der Waals surface area contributed by atoms with E-state index in [2.05, 4.69) is 13.8 Å². The quantitative estimate of drug-likeness (QED) is 0.742. The maximum absolute atomic E-state index is 9.44. The van der Waals surface area contributed by atoms with Crippen molar-refractivity contribution in [3.8, 4) is 5.75 Å². The SMILES string of the molecule is CC(C)COCCOc1cccc([C@H](C)O)c1. The molecule has 0 radical (unpaired) electrons. The zero-order chi connectivity index (χ0) is 12.7. The number of aliphatic hydroxyl groups excluding tert-OH is 1. The molecular formula is C14H22O3. The summed E-state index contributed by atoms with van der Waals surface area (Å²) in [4.78, 5) is 0.